The molecule has 0 fully saturated rings. The molecule has 3 rings (SSSR count). The topological polar surface area (TPSA) is 99.0 Å². The van der Waals surface area contributed by atoms with Gasteiger partial charge < -0.3 is 15.5 Å². The zero-order chi connectivity index (χ0) is 19.6. The molecule has 9 heteroatoms. The molecule has 1 unspecified atom stereocenters. The first-order valence-corrected chi connectivity index (χ1v) is 8.28. The van der Waals surface area contributed by atoms with E-state index >= 15 is 0 Å². The Morgan fingerprint density at radius 2 is 2.00 bits per heavy atom. The van der Waals surface area contributed by atoms with Gasteiger partial charge in [-0.3, -0.25) is 4.79 Å². The van der Waals surface area contributed by atoms with Gasteiger partial charge in [0, 0.05) is 31.3 Å². The van der Waals surface area contributed by atoms with Crippen molar-refractivity contribution in [2.75, 3.05) is 6.54 Å². The van der Waals surface area contributed by atoms with E-state index in [0.29, 0.717) is 22.6 Å². The van der Waals surface area contributed by atoms with Crippen LogP contribution >= 0.6 is 0 Å². The SMILES string of the molecule is Cc1oc(C(=O)NC(CN)Cc2cc(F)cc(F)c2)cc1-c1cnnn1C. The number of rotatable bonds is 6. The highest BCUT2D eigenvalue weighted by molar-refractivity contribution is 5.93. The van der Waals surface area contributed by atoms with E-state index in [0.717, 1.165) is 6.07 Å². The van der Waals surface area contributed by atoms with E-state index in [9.17, 15) is 13.6 Å². The second kappa shape index (κ2) is 7.67. The third-order valence-corrected chi connectivity index (χ3v) is 4.16. The zero-order valence-corrected chi connectivity index (χ0v) is 14.9. The number of halogens is 2. The van der Waals surface area contributed by atoms with Gasteiger partial charge in [0.1, 0.15) is 17.4 Å². The number of benzene rings is 1. The molecule has 27 heavy (non-hydrogen) atoms. The summed E-state index contributed by atoms with van der Waals surface area (Å²) < 4.78 is 33.8. The van der Waals surface area contributed by atoms with Crippen molar-refractivity contribution in [1.82, 2.24) is 20.3 Å². The van der Waals surface area contributed by atoms with Crippen molar-refractivity contribution < 1.29 is 18.0 Å². The van der Waals surface area contributed by atoms with Crippen molar-refractivity contribution in [2.45, 2.75) is 19.4 Å². The van der Waals surface area contributed by atoms with Gasteiger partial charge in [0.15, 0.2) is 5.76 Å². The van der Waals surface area contributed by atoms with Gasteiger partial charge in [-0.25, -0.2) is 13.5 Å². The van der Waals surface area contributed by atoms with E-state index in [1.54, 1.807) is 30.9 Å². The van der Waals surface area contributed by atoms with Crippen LogP contribution < -0.4 is 11.1 Å². The predicted octanol–water partition coefficient (Wildman–Crippen LogP) is 1.96. The minimum atomic E-state index is -0.678. The summed E-state index contributed by atoms with van der Waals surface area (Å²) in [6.45, 7) is 1.83. The molecule has 0 spiro atoms. The lowest BCUT2D eigenvalue weighted by molar-refractivity contribution is 0.0908. The minimum absolute atomic E-state index is 0.0993. The third kappa shape index (κ3) is 4.20. The van der Waals surface area contributed by atoms with E-state index in [4.69, 9.17) is 10.2 Å². The van der Waals surface area contributed by atoms with Crippen LogP contribution in [-0.2, 0) is 13.5 Å². The van der Waals surface area contributed by atoms with Crippen molar-refractivity contribution in [2.24, 2.45) is 12.8 Å². The van der Waals surface area contributed by atoms with Gasteiger partial charge in [-0.05, 0) is 37.1 Å². The van der Waals surface area contributed by atoms with Crippen molar-refractivity contribution in [3.8, 4) is 11.3 Å². The number of carbonyl (C=O) groups excluding carboxylic acids is 1. The summed E-state index contributed by atoms with van der Waals surface area (Å²) in [6.07, 6.45) is 1.76. The van der Waals surface area contributed by atoms with Gasteiger partial charge in [0.2, 0.25) is 0 Å². The van der Waals surface area contributed by atoms with Crippen molar-refractivity contribution in [3.05, 3.63) is 59.2 Å². The lowest BCUT2D eigenvalue weighted by atomic mass is 10.1. The second-order valence-electron chi connectivity index (χ2n) is 6.21. The quantitative estimate of drug-likeness (QED) is 0.686. The third-order valence-electron chi connectivity index (χ3n) is 4.16. The van der Waals surface area contributed by atoms with Gasteiger partial charge in [0.05, 0.1) is 11.9 Å². The maximum atomic E-state index is 13.3. The van der Waals surface area contributed by atoms with Crippen LogP contribution in [0.1, 0.15) is 21.9 Å². The highest BCUT2D eigenvalue weighted by atomic mass is 19.1. The summed E-state index contributed by atoms with van der Waals surface area (Å²) in [5.74, 6) is -1.17. The van der Waals surface area contributed by atoms with Crippen LogP contribution in [-0.4, -0.2) is 33.5 Å². The standard InChI is InChI=1S/C18H19F2N5O2/c1-10-15(16-9-22-24-25(16)2)7-17(27-10)18(26)23-14(8-21)5-11-3-12(19)6-13(20)4-11/h3-4,6-7,9,14H,5,8,21H2,1-2H3,(H,23,26). The lowest BCUT2D eigenvalue weighted by Gasteiger charge is -2.16. The fraction of sp³-hybridized carbons (Fsp3) is 0.278. The Morgan fingerprint density at radius 1 is 1.30 bits per heavy atom. The number of hydrogen-bond acceptors (Lipinski definition) is 5. The van der Waals surface area contributed by atoms with E-state index in [2.05, 4.69) is 15.6 Å². The molecule has 142 valence electrons. The number of hydrogen-bond donors (Lipinski definition) is 2. The zero-order valence-electron chi connectivity index (χ0n) is 14.9. The molecule has 1 atom stereocenters. The Morgan fingerprint density at radius 3 is 2.59 bits per heavy atom. The fourth-order valence-corrected chi connectivity index (χ4v) is 2.84. The molecule has 0 radical (unpaired) electrons. The number of nitrogens with one attached hydrogen (secondary N) is 1. The Bertz CT molecular complexity index is 946. The molecule has 2 aromatic heterocycles. The maximum absolute atomic E-state index is 13.3. The normalized spacial score (nSPS) is 12.2. The first-order chi connectivity index (χ1) is 12.9. The molecule has 0 aliphatic heterocycles. The lowest BCUT2D eigenvalue weighted by Crippen LogP contribution is -2.41. The smallest absolute Gasteiger partial charge is 0.287 e. The molecule has 1 aromatic carbocycles. The minimum Gasteiger partial charge on any atom is -0.455 e. The number of aryl methyl sites for hydroxylation is 2. The van der Waals surface area contributed by atoms with E-state index in [1.165, 1.54) is 12.1 Å². The van der Waals surface area contributed by atoms with Gasteiger partial charge in [-0.15, -0.1) is 5.10 Å². The highest BCUT2D eigenvalue weighted by Crippen LogP contribution is 2.25. The molecule has 3 aromatic rings. The van der Waals surface area contributed by atoms with E-state index in [-0.39, 0.29) is 18.7 Å². The molecule has 3 N–H and O–H groups in total. The van der Waals surface area contributed by atoms with Crippen LogP contribution in [0.25, 0.3) is 11.3 Å². The largest absolute Gasteiger partial charge is 0.455 e. The average molecular weight is 375 g/mol. The average Bonchev–Trinajstić information content (AvgIpc) is 3.18. The van der Waals surface area contributed by atoms with E-state index in [1.807, 2.05) is 0 Å². The van der Waals surface area contributed by atoms with Crippen LogP contribution in [0.5, 0.6) is 0 Å². The molecule has 0 aliphatic carbocycles. The van der Waals surface area contributed by atoms with Gasteiger partial charge in [-0.2, -0.15) is 0 Å². The van der Waals surface area contributed by atoms with Crippen molar-refractivity contribution >= 4 is 5.91 Å². The number of furan rings is 1. The van der Waals surface area contributed by atoms with Gasteiger partial charge in [-0.1, -0.05) is 5.21 Å². The highest BCUT2D eigenvalue weighted by Gasteiger charge is 2.20. The fourth-order valence-electron chi connectivity index (χ4n) is 2.84. The summed E-state index contributed by atoms with van der Waals surface area (Å²) in [5.41, 5.74) is 7.51. The number of amides is 1. The van der Waals surface area contributed by atoms with Crippen LogP contribution in [0.15, 0.2) is 34.9 Å². The Kier molecular flexibility index (Phi) is 5.31. The monoisotopic (exact) mass is 375 g/mol. The first kappa shape index (κ1) is 18.7. The van der Waals surface area contributed by atoms with Crippen LogP contribution in [0.2, 0.25) is 0 Å². The van der Waals surface area contributed by atoms with Gasteiger partial charge >= 0.3 is 0 Å². The summed E-state index contributed by atoms with van der Waals surface area (Å²) in [6, 6.07) is 4.30. The number of nitrogens with two attached hydrogens (primary N) is 1. The summed E-state index contributed by atoms with van der Waals surface area (Å²) in [4.78, 5) is 12.5. The van der Waals surface area contributed by atoms with Gasteiger partial charge in [0.25, 0.3) is 5.91 Å². The van der Waals surface area contributed by atoms with Crippen LogP contribution in [0.4, 0.5) is 8.78 Å². The second-order valence-corrected chi connectivity index (χ2v) is 6.21. The van der Waals surface area contributed by atoms with Crippen LogP contribution in [0.3, 0.4) is 0 Å². The predicted molar refractivity (Wildman–Crippen MR) is 93.8 cm³/mol. The molecular weight excluding hydrogens is 356 g/mol. The Hall–Kier alpha value is -3.07. The number of aromatic nitrogens is 3. The number of nitrogens with zero attached hydrogens (tertiary/aromatic N) is 3. The molecule has 0 saturated heterocycles. The molecule has 7 nitrogen and oxygen atoms in total. The van der Waals surface area contributed by atoms with Crippen molar-refractivity contribution in [1.29, 1.82) is 0 Å². The summed E-state index contributed by atoms with van der Waals surface area (Å²) in [7, 11) is 1.73. The summed E-state index contributed by atoms with van der Waals surface area (Å²) in [5, 5.41) is 10.4. The molecule has 0 saturated carbocycles. The molecular formula is C18H19F2N5O2. The molecule has 0 aliphatic rings. The number of carbonyl (C=O) groups is 1. The van der Waals surface area contributed by atoms with E-state index < -0.39 is 23.6 Å². The molecule has 0 bridgehead atoms. The van der Waals surface area contributed by atoms with Crippen LogP contribution in [0, 0.1) is 18.6 Å². The molecule has 2 heterocycles. The van der Waals surface area contributed by atoms with Crippen molar-refractivity contribution in [3.63, 3.8) is 0 Å². The Labute approximate surface area is 154 Å². The maximum Gasteiger partial charge on any atom is 0.287 e. The first-order valence-electron chi connectivity index (χ1n) is 8.28. The molecule has 1 amide bonds. The summed E-state index contributed by atoms with van der Waals surface area (Å²) >= 11 is 0. The Balaban J connectivity index is 1.74.